The lowest BCUT2D eigenvalue weighted by atomic mass is 10.1. The summed E-state index contributed by atoms with van der Waals surface area (Å²) in [7, 11) is 3.00. The number of ether oxygens (including phenoxy) is 2. The van der Waals surface area contributed by atoms with Gasteiger partial charge in [-0.3, -0.25) is 24.0 Å². The summed E-state index contributed by atoms with van der Waals surface area (Å²) in [5, 5.41) is 9.86. The first kappa shape index (κ1) is 39.2. The molecule has 278 valence electrons. The molecule has 0 bridgehead atoms. The molecule has 0 aromatic heterocycles. The molecule has 0 radical (unpaired) electrons. The summed E-state index contributed by atoms with van der Waals surface area (Å²) < 4.78 is 10.8. The van der Waals surface area contributed by atoms with Crippen LogP contribution in [0.3, 0.4) is 0 Å². The van der Waals surface area contributed by atoms with Crippen LogP contribution in [0.1, 0.15) is 42.4 Å². The molecule has 1 aliphatic carbocycles. The van der Waals surface area contributed by atoms with Gasteiger partial charge in [0.05, 0.1) is 27.3 Å². The molecule has 3 aromatic rings. The third-order valence-electron chi connectivity index (χ3n) is 8.97. The zero-order valence-electron chi connectivity index (χ0n) is 29.7. The summed E-state index contributed by atoms with van der Waals surface area (Å²) in [5.74, 6) is -1.71. The van der Waals surface area contributed by atoms with E-state index in [4.69, 9.17) is 20.9 Å². The molecule has 0 spiro atoms. The van der Waals surface area contributed by atoms with Crippen LogP contribution in [0.4, 0.5) is 0 Å². The Hall–Kier alpha value is -5.63. The van der Waals surface area contributed by atoms with Gasteiger partial charge in [0.2, 0.25) is 29.5 Å². The van der Waals surface area contributed by atoms with Gasteiger partial charge in [-0.15, -0.1) is 0 Å². The number of nitrogens with zero attached hydrogens (tertiary/aromatic N) is 4. The van der Waals surface area contributed by atoms with E-state index in [1.807, 2.05) is 30.3 Å². The topological polar surface area (TPSA) is 189 Å². The Morgan fingerprint density at radius 2 is 1.15 bits per heavy atom. The molecule has 0 saturated heterocycles. The highest BCUT2D eigenvalue weighted by molar-refractivity contribution is 5.91. The maximum Gasteiger partial charge on any atom is 0.242 e. The lowest BCUT2D eigenvalue weighted by molar-refractivity contribution is -0.147. The van der Waals surface area contributed by atoms with Gasteiger partial charge in [0.15, 0.2) is 11.5 Å². The minimum absolute atomic E-state index is 0.0247. The summed E-state index contributed by atoms with van der Waals surface area (Å²) in [6.07, 6.45) is 3.36. The Morgan fingerprint density at radius 1 is 0.654 bits per heavy atom. The van der Waals surface area contributed by atoms with Crippen molar-refractivity contribution in [3.05, 3.63) is 89.5 Å². The van der Waals surface area contributed by atoms with Crippen molar-refractivity contribution in [2.24, 2.45) is 11.5 Å². The fraction of sp³-hybridized carbons (Fsp3) is 0.395. The Morgan fingerprint density at radius 3 is 1.69 bits per heavy atom. The van der Waals surface area contributed by atoms with Crippen LogP contribution in [-0.2, 0) is 43.6 Å². The lowest BCUT2D eigenvalue weighted by Gasteiger charge is -2.33. The standard InChI is InChI=1S/C38H48N6O8/c1-51-32-17-14-29(18-33(32)52-2)22-43(38(50)26-44(35(47)19-39)30-10-6-7-11-30)25-37(49)42(21-28-12-15-31(45)16-13-28)24-36(48)41(23-34(40)46)20-27-8-4-3-5-9-27/h3-5,8-9,12-18,30,45H,6-7,10-11,19-26,39H2,1-2H3,(H2,40,46). The summed E-state index contributed by atoms with van der Waals surface area (Å²) in [6.45, 7) is -1.76. The number of rotatable bonds is 18. The summed E-state index contributed by atoms with van der Waals surface area (Å²) in [6, 6.07) is 20.2. The molecule has 0 aliphatic heterocycles. The summed E-state index contributed by atoms with van der Waals surface area (Å²) in [4.78, 5) is 72.6. The predicted octanol–water partition coefficient (Wildman–Crippen LogP) is 2.01. The van der Waals surface area contributed by atoms with Crippen LogP contribution in [0, 0.1) is 0 Å². The van der Waals surface area contributed by atoms with E-state index in [1.165, 1.54) is 46.0 Å². The summed E-state index contributed by atoms with van der Waals surface area (Å²) in [5.41, 5.74) is 13.3. The quantitative estimate of drug-likeness (QED) is 0.177. The van der Waals surface area contributed by atoms with Crippen LogP contribution in [-0.4, -0.2) is 107 Å². The first-order valence-electron chi connectivity index (χ1n) is 17.1. The van der Waals surface area contributed by atoms with E-state index in [1.54, 1.807) is 30.3 Å². The van der Waals surface area contributed by atoms with Crippen LogP contribution in [0.5, 0.6) is 17.2 Å². The Balaban J connectivity index is 1.65. The van der Waals surface area contributed by atoms with E-state index in [2.05, 4.69) is 0 Å². The highest BCUT2D eigenvalue weighted by atomic mass is 16.5. The molecule has 1 fully saturated rings. The Kier molecular flexibility index (Phi) is 14.4. The number of phenols is 1. The van der Waals surface area contributed by atoms with E-state index in [0.717, 1.165) is 31.2 Å². The molecule has 3 aromatic carbocycles. The fourth-order valence-electron chi connectivity index (χ4n) is 6.24. The SMILES string of the molecule is COc1ccc(CN(CC(=O)N(CC(=O)N(CC(N)=O)Cc2ccccc2)Cc2ccc(O)cc2)C(=O)CN(C(=O)CN)C2CCCC2)cc1OC. The second kappa shape index (κ2) is 19.1. The van der Waals surface area contributed by atoms with Gasteiger partial charge in [0, 0.05) is 25.7 Å². The van der Waals surface area contributed by atoms with Gasteiger partial charge in [-0.1, -0.05) is 61.4 Å². The number of hydrogen-bond donors (Lipinski definition) is 3. The average Bonchev–Trinajstić information content (AvgIpc) is 3.68. The molecule has 52 heavy (non-hydrogen) atoms. The minimum atomic E-state index is -0.716. The van der Waals surface area contributed by atoms with Gasteiger partial charge in [-0.05, 0) is 53.8 Å². The fourth-order valence-corrected chi connectivity index (χ4v) is 6.24. The van der Waals surface area contributed by atoms with Crippen molar-refractivity contribution < 1.29 is 38.6 Å². The molecule has 14 heteroatoms. The number of hydrogen-bond acceptors (Lipinski definition) is 9. The van der Waals surface area contributed by atoms with E-state index in [-0.39, 0.29) is 57.0 Å². The van der Waals surface area contributed by atoms with Crippen molar-refractivity contribution in [2.75, 3.05) is 46.9 Å². The van der Waals surface area contributed by atoms with Gasteiger partial charge in [0.25, 0.3) is 0 Å². The van der Waals surface area contributed by atoms with Gasteiger partial charge < -0.3 is 45.6 Å². The zero-order chi connectivity index (χ0) is 37.6. The number of nitrogens with two attached hydrogens (primary N) is 2. The average molecular weight is 717 g/mol. The van der Waals surface area contributed by atoms with Crippen LogP contribution >= 0.6 is 0 Å². The van der Waals surface area contributed by atoms with Gasteiger partial charge in [-0.2, -0.15) is 0 Å². The van der Waals surface area contributed by atoms with Crippen molar-refractivity contribution in [1.29, 1.82) is 0 Å². The number of benzene rings is 3. The molecule has 14 nitrogen and oxygen atoms in total. The summed E-state index contributed by atoms with van der Waals surface area (Å²) >= 11 is 0. The maximum atomic E-state index is 14.3. The second-order valence-corrected chi connectivity index (χ2v) is 12.7. The van der Waals surface area contributed by atoms with Crippen molar-refractivity contribution in [3.8, 4) is 17.2 Å². The number of phenolic OH excluding ortho intramolecular Hbond substituents is 1. The zero-order valence-corrected chi connectivity index (χ0v) is 29.7. The van der Waals surface area contributed by atoms with E-state index in [9.17, 15) is 29.1 Å². The van der Waals surface area contributed by atoms with E-state index < -0.39 is 36.7 Å². The molecule has 1 saturated carbocycles. The smallest absolute Gasteiger partial charge is 0.242 e. The number of carbonyl (C=O) groups excluding carboxylic acids is 5. The van der Waals surface area contributed by atoms with Crippen LogP contribution in [0.15, 0.2) is 72.8 Å². The normalized spacial score (nSPS) is 12.5. The number of carbonyl (C=O) groups is 5. The van der Waals surface area contributed by atoms with Gasteiger partial charge >= 0.3 is 0 Å². The number of methoxy groups -OCH3 is 2. The van der Waals surface area contributed by atoms with Gasteiger partial charge in [0.1, 0.15) is 25.4 Å². The highest BCUT2D eigenvalue weighted by Crippen LogP contribution is 2.28. The Labute approximate surface area is 303 Å². The largest absolute Gasteiger partial charge is 0.508 e. The molecular weight excluding hydrogens is 668 g/mol. The third-order valence-corrected chi connectivity index (χ3v) is 8.97. The number of amides is 5. The van der Waals surface area contributed by atoms with Crippen molar-refractivity contribution in [2.45, 2.75) is 51.4 Å². The third kappa shape index (κ3) is 11.2. The van der Waals surface area contributed by atoms with E-state index >= 15 is 0 Å². The highest BCUT2D eigenvalue weighted by Gasteiger charge is 2.31. The molecule has 5 amide bonds. The van der Waals surface area contributed by atoms with Crippen molar-refractivity contribution >= 4 is 29.5 Å². The number of primary amides is 1. The van der Waals surface area contributed by atoms with Gasteiger partial charge in [-0.25, -0.2) is 0 Å². The monoisotopic (exact) mass is 716 g/mol. The molecule has 0 unspecified atom stereocenters. The predicted molar refractivity (Wildman–Crippen MR) is 193 cm³/mol. The molecule has 4 rings (SSSR count). The molecule has 0 atom stereocenters. The number of aromatic hydroxyl groups is 1. The van der Waals surface area contributed by atoms with Crippen molar-refractivity contribution in [3.63, 3.8) is 0 Å². The van der Waals surface area contributed by atoms with E-state index in [0.29, 0.717) is 22.6 Å². The molecule has 5 N–H and O–H groups in total. The van der Waals surface area contributed by atoms with Crippen LogP contribution in [0.25, 0.3) is 0 Å². The van der Waals surface area contributed by atoms with Crippen LogP contribution in [0.2, 0.25) is 0 Å². The first-order chi connectivity index (χ1) is 25.0. The van der Waals surface area contributed by atoms with Crippen molar-refractivity contribution in [1.82, 2.24) is 19.6 Å². The Bertz CT molecular complexity index is 1680. The van der Waals surface area contributed by atoms with Crippen LogP contribution < -0.4 is 20.9 Å². The second-order valence-electron chi connectivity index (χ2n) is 12.7. The maximum absolute atomic E-state index is 14.3. The lowest BCUT2D eigenvalue weighted by Crippen LogP contribution is -2.51. The molecule has 0 heterocycles. The molecular formula is C38H48N6O8. The first-order valence-corrected chi connectivity index (χ1v) is 17.1. The minimum Gasteiger partial charge on any atom is -0.508 e. The molecule has 1 aliphatic rings.